The van der Waals surface area contributed by atoms with E-state index in [-0.39, 0.29) is 18.0 Å². The number of fused-ring (bicyclic) bond motifs is 3. The van der Waals surface area contributed by atoms with Crippen LogP contribution in [-0.2, 0) is 20.7 Å². The summed E-state index contributed by atoms with van der Waals surface area (Å²) in [4.78, 5) is 28.6. The quantitative estimate of drug-likeness (QED) is 0.823. The minimum atomic E-state index is -0.276. The Bertz CT molecular complexity index is 735. The van der Waals surface area contributed by atoms with Crippen molar-refractivity contribution in [2.24, 2.45) is 0 Å². The van der Waals surface area contributed by atoms with Crippen LogP contribution in [0.5, 0.6) is 0 Å². The molecule has 1 aliphatic rings. The molecule has 0 fully saturated rings. The van der Waals surface area contributed by atoms with Crippen LogP contribution in [0.4, 0.5) is 0 Å². The van der Waals surface area contributed by atoms with Crippen molar-refractivity contribution in [2.45, 2.75) is 39.2 Å². The molecular formula is C18H22N2O3. The van der Waals surface area contributed by atoms with Gasteiger partial charge < -0.3 is 14.6 Å². The van der Waals surface area contributed by atoms with Crippen molar-refractivity contribution in [1.82, 2.24) is 9.88 Å². The third-order valence-corrected chi connectivity index (χ3v) is 4.45. The summed E-state index contributed by atoms with van der Waals surface area (Å²) >= 11 is 0. The number of esters is 1. The molecule has 1 aliphatic heterocycles. The standard InChI is InChI=1S/C18H22N2O3/c1-12(21)20-10-5-8-17(23-13(2)22)18-15(9-11-20)14-6-3-4-7-16(14)19-18/h3-4,6-7,17,19H,5,8-11H2,1-2H3. The second-order valence-electron chi connectivity index (χ2n) is 6.06. The first-order valence-electron chi connectivity index (χ1n) is 8.08. The van der Waals surface area contributed by atoms with Crippen LogP contribution in [0.3, 0.4) is 0 Å². The van der Waals surface area contributed by atoms with E-state index in [0.717, 1.165) is 35.0 Å². The molecule has 23 heavy (non-hydrogen) atoms. The fraction of sp³-hybridized carbons (Fsp3) is 0.444. The summed E-state index contributed by atoms with van der Waals surface area (Å²) in [6.07, 6.45) is 2.01. The lowest BCUT2D eigenvalue weighted by Gasteiger charge is -2.20. The Hall–Kier alpha value is -2.30. The first-order chi connectivity index (χ1) is 11.1. The van der Waals surface area contributed by atoms with Crippen molar-refractivity contribution in [3.05, 3.63) is 35.5 Å². The van der Waals surface area contributed by atoms with Crippen LogP contribution in [0.1, 0.15) is 44.1 Å². The number of carbonyl (C=O) groups excluding carboxylic acids is 2. The summed E-state index contributed by atoms with van der Waals surface area (Å²) in [5, 5.41) is 1.14. The van der Waals surface area contributed by atoms with Gasteiger partial charge in [-0.1, -0.05) is 18.2 Å². The molecule has 122 valence electrons. The normalized spacial score (nSPS) is 18.7. The van der Waals surface area contributed by atoms with Gasteiger partial charge in [0.05, 0.1) is 5.69 Å². The molecule has 1 N–H and O–H groups in total. The minimum absolute atomic E-state index is 0.0947. The summed E-state index contributed by atoms with van der Waals surface area (Å²) in [7, 11) is 0. The third kappa shape index (κ3) is 3.23. The molecule has 0 spiro atoms. The van der Waals surface area contributed by atoms with Gasteiger partial charge in [0, 0.05) is 37.8 Å². The molecule has 0 saturated heterocycles. The summed E-state index contributed by atoms with van der Waals surface area (Å²) in [6.45, 7) is 4.45. The predicted octanol–water partition coefficient (Wildman–Crippen LogP) is 2.96. The van der Waals surface area contributed by atoms with Crippen LogP contribution >= 0.6 is 0 Å². The molecule has 1 aromatic heterocycles. The van der Waals surface area contributed by atoms with E-state index in [1.54, 1.807) is 6.92 Å². The van der Waals surface area contributed by atoms with Crippen LogP contribution in [0.25, 0.3) is 10.9 Å². The molecule has 0 saturated carbocycles. The van der Waals surface area contributed by atoms with Gasteiger partial charge in [0.15, 0.2) is 0 Å². The van der Waals surface area contributed by atoms with Gasteiger partial charge in [-0.05, 0) is 30.9 Å². The molecule has 2 heterocycles. The fourth-order valence-electron chi connectivity index (χ4n) is 3.37. The predicted molar refractivity (Wildman–Crippen MR) is 88.0 cm³/mol. The van der Waals surface area contributed by atoms with Crippen molar-refractivity contribution < 1.29 is 14.3 Å². The van der Waals surface area contributed by atoms with Crippen LogP contribution < -0.4 is 0 Å². The van der Waals surface area contributed by atoms with Gasteiger partial charge in [0.25, 0.3) is 0 Å². The number of amides is 1. The molecule has 1 amide bonds. The second kappa shape index (κ2) is 6.44. The topological polar surface area (TPSA) is 62.4 Å². The maximum absolute atomic E-state index is 11.8. The van der Waals surface area contributed by atoms with Crippen LogP contribution in [0, 0.1) is 0 Å². The number of aromatic amines is 1. The zero-order valence-corrected chi connectivity index (χ0v) is 13.6. The SMILES string of the molecule is CC(=O)OC1CCCN(C(C)=O)CCc2c1[nH]c1ccccc21. The highest BCUT2D eigenvalue weighted by Crippen LogP contribution is 2.33. The van der Waals surface area contributed by atoms with Gasteiger partial charge in [0.2, 0.25) is 5.91 Å². The average molecular weight is 314 g/mol. The number of nitrogens with zero attached hydrogens (tertiary/aromatic N) is 1. The number of benzene rings is 1. The van der Waals surface area contributed by atoms with E-state index in [9.17, 15) is 9.59 Å². The lowest BCUT2D eigenvalue weighted by molar-refractivity contribution is -0.147. The van der Waals surface area contributed by atoms with E-state index in [1.807, 2.05) is 23.1 Å². The number of nitrogens with one attached hydrogen (secondary N) is 1. The van der Waals surface area contributed by atoms with Gasteiger partial charge in [0.1, 0.15) is 6.10 Å². The number of para-hydroxylation sites is 1. The Labute approximate surface area is 135 Å². The Balaban J connectivity index is 2.04. The van der Waals surface area contributed by atoms with Crippen molar-refractivity contribution in [3.63, 3.8) is 0 Å². The molecule has 2 aromatic rings. The molecule has 1 aromatic carbocycles. The first-order valence-corrected chi connectivity index (χ1v) is 8.08. The lowest BCUT2D eigenvalue weighted by atomic mass is 10.0. The summed E-state index contributed by atoms with van der Waals surface area (Å²) in [5.41, 5.74) is 3.18. The van der Waals surface area contributed by atoms with E-state index in [1.165, 1.54) is 6.92 Å². The zero-order chi connectivity index (χ0) is 16.4. The Morgan fingerprint density at radius 1 is 1.22 bits per heavy atom. The number of aromatic nitrogens is 1. The highest BCUT2D eigenvalue weighted by atomic mass is 16.5. The molecule has 5 heteroatoms. The maximum atomic E-state index is 11.8. The highest BCUT2D eigenvalue weighted by Gasteiger charge is 2.25. The van der Waals surface area contributed by atoms with E-state index in [0.29, 0.717) is 19.5 Å². The Kier molecular flexibility index (Phi) is 4.37. The van der Waals surface area contributed by atoms with Crippen molar-refractivity contribution in [3.8, 4) is 0 Å². The molecule has 1 atom stereocenters. The molecular weight excluding hydrogens is 292 g/mol. The van der Waals surface area contributed by atoms with E-state index in [4.69, 9.17) is 4.74 Å². The van der Waals surface area contributed by atoms with Gasteiger partial charge >= 0.3 is 5.97 Å². The molecule has 5 nitrogen and oxygen atoms in total. The summed E-state index contributed by atoms with van der Waals surface area (Å²) < 4.78 is 5.56. The molecule has 0 aliphatic carbocycles. The van der Waals surface area contributed by atoms with Crippen LogP contribution in [0.2, 0.25) is 0 Å². The van der Waals surface area contributed by atoms with Gasteiger partial charge in [-0.3, -0.25) is 9.59 Å². The van der Waals surface area contributed by atoms with Crippen molar-refractivity contribution in [1.29, 1.82) is 0 Å². The molecule has 0 radical (unpaired) electrons. The van der Waals surface area contributed by atoms with Crippen LogP contribution in [0.15, 0.2) is 24.3 Å². The lowest BCUT2D eigenvalue weighted by Crippen LogP contribution is -2.31. The highest BCUT2D eigenvalue weighted by molar-refractivity contribution is 5.85. The van der Waals surface area contributed by atoms with Crippen molar-refractivity contribution in [2.75, 3.05) is 13.1 Å². The molecule has 0 bridgehead atoms. The number of hydrogen-bond acceptors (Lipinski definition) is 3. The van der Waals surface area contributed by atoms with Gasteiger partial charge in [-0.25, -0.2) is 0 Å². The maximum Gasteiger partial charge on any atom is 0.303 e. The smallest absolute Gasteiger partial charge is 0.303 e. The fourth-order valence-corrected chi connectivity index (χ4v) is 3.37. The largest absolute Gasteiger partial charge is 0.456 e. The van der Waals surface area contributed by atoms with Crippen LogP contribution in [-0.4, -0.2) is 34.8 Å². The number of ether oxygens (including phenoxy) is 1. The Morgan fingerprint density at radius 3 is 2.74 bits per heavy atom. The minimum Gasteiger partial charge on any atom is -0.456 e. The Morgan fingerprint density at radius 2 is 2.00 bits per heavy atom. The second-order valence-corrected chi connectivity index (χ2v) is 6.06. The van der Waals surface area contributed by atoms with Gasteiger partial charge in [-0.2, -0.15) is 0 Å². The van der Waals surface area contributed by atoms with Crippen molar-refractivity contribution >= 4 is 22.8 Å². The molecule has 3 rings (SSSR count). The average Bonchev–Trinajstić information content (AvgIpc) is 2.89. The number of hydrogen-bond donors (Lipinski definition) is 1. The molecule has 1 unspecified atom stereocenters. The van der Waals surface area contributed by atoms with E-state index < -0.39 is 0 Å². The summed E-state index contributed by atoms with van der Waals surface area (Å²) in [5.74, 6) is -0.181. The number of rotatable bonds is 1. The summed E-state index contributed by atoms with van der Waals surface area (Å²) in [6, 6.07) is 8.10. The monoisotopic (exact) mass is 314 g/mol. The van der Waals surface area contributed by atoms with E-state index >= 15 is 0 Å². The third-order valence-electron chi connectivity index (χ3n) is 4.45. The first kappa shape index (κ1) is 15.6. The zero-order valence-electron chi connectivity index (χ0n) is 13.6. The van der Waals surface area contributed by atoms with Gasteiger partial charge in [-0.15, -0.1) is 0 Å². The number of H-pyrrole nitrogens is 1. The van der Waals surface area contributed by atoms with E-state index in [2.05, 4.69) is 11.1 Å². The number of carbonyl (C=O) groups is 2.